The van der Waals surface area contributed by atoms with Crippen molar-refractivity contribution < 1.29 is 14.0 Å². The summed E-state index contributed by atoms with van der Waals surface area (Å²) in [5, 5.41) is 8.30. The first-order valence-corrected chi connectivity index (χ1v) is 9.59. The molecule has 0 saturated heterocycles. The van der Waals surface area contributed by atoms with Crippen molar-refractivity contribution in [1.29, 1.82) is 0 Å². The first kappa shape index (κ1) is 21.0. The molecule has 0 bridgehead atoms. The van der Waals surface area contributed by atoms with Gasteiger partial charge < -0.3 is 16.0 Å². The summed E-state index contributed by atoms with van der Waals surface area (Å²) < 4.78 is 12.9. The zero-order valence-corrected chi connectivity index (χ0v) is 16.6. The third-order valence-electron chi connectivity index (χ3n) is 4.44. The molecule has 0 spiro atoms. The predicted octanol–water partition coefficient (Wildman–Crippen LogP) is 3.82. The van der Waals surface area contributed by atoms with E-state index in [0.717, 1.165) is 16.8 Å². The zero-order chi connectivity index (χ0) is 21.3. The number of halogens is 1. The fourth-order valence-corrected chi connectivity index (χ4v) is 2.73. The highest BCUT2D eigenvalue weighted by Gasteiger charge is 2.07. The predicted molar refractivity (Wildman–Crippen MR) is 114 cm³/mol. The Kier molecular flexibility index (Phi) is 7.10. The number of benzene rings is 2. The first-order chi connectivity index (χ1) is 14.5. The van der Waals surface area contributed by atoms with Crippen LogP contribution in [0.15, 0.2) is 66.9 Å². The summed E-state index contributed by atoms with van der Waals surface area (Å²) in [5.41, 5.74) is 3.87. The summed E-state index contributed by atoms with van der Waals surface area (Å²) in [6.45, 7) is 2.72. The van der Waals surface area contributed by atoms with Crippen molar-refractivity contribution in [2.45, 2.75) is 19.9 Å². The van der Waals surface area contributed by atoms with Crippen LogP contribution in [-0.4, -0.2) is 23.5 Å². The second-order valence-electron chi connectivity index (χ2n) is 6.83. The van der Waals surface area contributed by atoms with Gasteiger partial charge in [0.15, 0.2) is 0 Å². The summed E-state index contributed by atoms with van der Waals surface area (Å²) in [6.07, 6.45) is 2.49. The minimum atomic E-state index is -0.316. The maximum Gasteiger partial charge on any atom is 0.319 e. The number of nitrogens with zero attached hydrogens (tertiary/aromatic N) is 1. The van der Waals surface area contributed by atoms with E-state index in [2.05, 4.69) is 20.9 Å². The van der Waals surface area contributed by atoms with E-state index in [-0.39, 0.29) is 17.8 Å². The van der Waals surface area contributed by atoms with Crippen molar-refractivity contribution in [3.63, 3.8) is 0 Å². The molecule has 30 heavy (non-hydrogen) atoms. The molecule has 2 aromatic carbocycles. The van der Waals surface area contributed by atoms with Crippen LogP contribution in [0.25, 0.3) is 0 Å². The smallest absolute Gasteiger partial charge is 0.319 e. The van der Waals surface area contributed by atoms with Crippen LogP contribution in [0.1, 0.15) is 27.2 Å². The highest BCUT2D eigenvalue weighted by Crippen LogP contribution is 2.10. The van der Waals surface area contributed by atoms with Crippen LogP contribution < -0.4 is 16.0 Å². The molecule has 3 aromatic rings. The molecule has 1 aromatic heterocycles. The Morgan fingerprint density at radius 1 is 0.900 bits per heavy atom. The number of pyridine rings is 1. The number of carbonyl (C=O) groups excluding carboxylic acids is 2. The first-order valence-electron chi connectivity index (χ1n) is 9.59. The van der Waals surface area contributed by atoms with Crippen LogP contribution in [0.3, 0.4) is 0 Å². The Morgan fingerprint density at radius 3 is 2.27 bits per heavy atom. The van der Waals surface area contributed by atoms with Gasteiger partial charge in [0.1, 0.15) is 5.82 Å². The lowest BCUT2D eigenvalue weighted by atomic mass is 10.1. The number of amides is 3. The van der Waals surface area contributed by atoms with E-state index in [9.17, 15) is 14.0 Å². The molecular weight excluding hydrogens is 383 g/mol. The number of hydrogen-bond donors (Lipinski definition) is 3. The molecule has 3 rings (SSSR count). The monoisotopic (exact) mass is 406 g/mol. The lowest BCUT2D eigenvalue weighted by Gasteiger charge is -2.09. The van der Waals surface area contributed by atoms with Crippen molar-refractivity contribution in [3.05, 3.63) is 95.1 Å². The maximum absolute atomic E-state index is 12.9. The fourth-order valence-electron chi connectivity index (χ4n) is 2.73. The molecule has 0 atom stereocenters. The number of aryl methyl sites for hydroxylation is 1. The molecule has 3 amide bonds. The van der Waals surface area contributed by atoms with Gasteiger partial charge >= 0.3 is 6.03 Å². The molecule has 0 aliphatic rings. The van der Waals surface area contributed by atoms with Gasteiger partial charge in [0, 0.05) is 36.2 Å². The molecule has 0 fully saturated rings. The third-order valence-corrected chi connectivity index (χ3v) is 4.44. The number of hydrogen-bond acceptors (Lipinski definition) is 3. The van der Waals surface area contributed by atoms with Crippen molar-refractivity contribution in [1.82, 2.24) is 15.6 Å². The van der Waals surface area contributed by atoms with Gasteiger partial charge in [-0.05, 0) is 66.9 Å². The van der Waals surface area contributed by atoms with E-state index in [4.69, 9.17) is 0 Å². The van der Waals surface area contributed by atoms with Gasteiger partial charge in [-0.3, -0.25) is 9.78 Å². The number of aromatic nitrogens is 1. The molecule has 0 aliphatic carbocycles. The van der Waals surface area contributed by atoms with E-state index in [1.54, 1.807) is 42.6 Å². The molecule has 7 heteroatoms. The quantitative estimate of drug-likeness (QED) is 0.558. The Balaban J connectivity index is 1.42. The maximum atomic E-state index is 12.9. The molecule has 0 radical (unpaired) electrons. The normalized spacial score (nSPS) is 10.3. The second-order valence-corrected chi connectivity index (χ2v) is 6.83. The molecule has 0 unspecified atom stereocenters. The zero-order valence-electron chi connectivity index (χ0n) is 16.6. The average molecular weight is 406 g/mol. The SMILES string of the molecule is Cc1ccc(CCNC(=O)Nc2ccc(C(=O)NCc3ccc(F)cc3)cc2)cn1. The van der Waals surface area contributed by atoms with E-state index in [0.29, 0.717) is 30.8 Å². The Morgan fingerprint density at radius 2 is 1.60 bits per heavy atom. The molecule has 154 valence electrons. The van der Waals surface area contributed by atoms with Crippen molar-refractivity contribution in [2.75, 3.05) is 11.9 Å². The highest BCUT2D eigenvalue weighted by atomic mass is 19.1. The lowest BCUT2D eigenvalue weighted by molar-refractivity contribution is 0.0951. The fraction of sp³-hybridized carbons (Fsp3) is 0.174. The van der Waals surface area contributed by atoms with Gasteiger partial charge in [-0.2, -0.15) is 0 Å². The number of urea groups is 1. The van der Waals surface area contributed by atoms with Crippen LogP contribution in [0.5, 0.6) is 0 Å². The summed E-state index contributed by atoms with van der Waals surface area (Å²) in [7, 11) is 0. The van der Waals surface area contributed by atoms with Crippen LogP contribution in [0.4, 0.5) is 14.9 Å². The third kappa shape index (κ3) is 6.41. The van der Waals surface area contributed by atoms with Gasteiger partial charge in [0.05, 0.1) is 0 Å². The van der Waals surface area contributed by atoms with Crippen molar-refractivity contribution >= 4 is 17.6 Å². The number of carbonyl (C=O) groups is 2. The van der Waals surface area contributed by atoms with Crippen molar-refractivity contribution in [3.8, 4) is 0 Å². The molecule has 0 aliphatic heterocycles. The van der Waals surface area contributed by atoms with Crippen LogP contribution in [0, 0.1) is 12.7 Å². The van der Waals surface area contributed by atoms with Crippen LogP contribution in [0.2, 0.25) is 0 Å². The molecule has 1 heterocycles. The van der Waals surface area contributed by atoms with Gasteiger partial charge in [-0.25, -0.2) is 9.18 Å². The highest BCUT2D eigenvalue weighted by molar-refractivity contribution is 5.95. The summed E-state index contributed by atoms with van der Waals surface area (Å²) >= 11 is 0. The van der Waals surface area contributed by atoms with E-state index >= 15 is 0 Å². The molecule has 0 saturated carbocycles. The molecular formula is C23H23FN4O2. The second kappa shape index (κ2) is 10.2. The summed E-state index contributed by atoms with van der Waals surface area (Å²) in [6, 6.07) is 16.1. The van der Waals surface area contributed by atoms with E-state index in [1.165, 1.54) is 12.1 Å². The van der Waals surface area contributed by atoms with Crippen LogP contribution >= 0.6 is 0 Å². The number of nitrogens with one attached hydrogen (secondary N) is 3. The standard InChI is InChI=1S/C23H23FN4O2/c1-16-2-3-18(14-26-16)12-13-25-23(30)28-21-10-6-19(7-11-21)22(29)27-15-17-4-8-20(24)9-5-17/h2-11,14H,12-13,15H2,1H3,(H,27,29)(H2,25,28,30). The van der Waals surface area contributed by atoms with Gasteiger partial charge in [-0.15, -0.1) is 0 Å². The lowest BCUT2D eigenvalue weighted by Crippen LogP contribution is -2.30. The summed E-state index contributed by atoms with van der Waals surface area (Å²) in [4.78, 5) is 28.5. The van der Waals surface area contributed by atoms with E-state index < -0.39 is 0 Å². The van der Waals surface area contributed by atoms with E-state index in [1.807, 2.05) is 19.1 Å². The topological polar surface area (TPSA) is 83.1 Å². The Hall–Kier alpha value is -3.74. The Bertz CT molecular complexity index is 987. The minimum Gasteiger partial charge on any atom is -0.348 e. The molecule has 6 nitrogen and oxygen atoms in total. The van der Waals surface area contributed by atoms with Crippen LogP contribution in [-0.2, 0) is 13.0 Å². The minimum absolute atomic E-state index is 0.248. The largest absolute Gasteiger partial charge is 0.348 e. The number of anilines is 1. The summed E-state index contributed by atoms with van der Waals surface area (Å²) in [5.74, 6) is -0.564. The van der Waals surface area contributed by atoms with Gasteiger partial charge in [-0.1, -0.05) is 18.2 Å². The van der Waals surface area contributed by atoms with Crippen molar-refractivity contribution in [2.24, 2.45) is 0 Å². The molecule has 3 N–H and O–H groups in total. The number of rotatable bonds is 7. The van der Waals surface area contributed by atoms with Gasteiger partial charge in [0.2, 0.25) is 0 Å². The average Bonchev–Trinajstić information content (AvgIpc) is 2.75. The van der Waals surface area contributed by atoms with Gasteiger partial charge in [0.25, 0.3) is 5.91 Å². The Labute approximate surface area is 174 Å².